The Balaban J connectivity index is 3.34. The van der Waals surface area contributed by atoms with E-state index in [4.69, 9.17) is 0 Å². The molecule has 0 nitrogen and oxygen atoms in total. The van der Waals surface area contributed by atoms with Crippen molar-refractivity contribution in [2.45, 2.75) is 58.8 Å². The molecule has 0 aliphatic heterocycles. The molecule has 0 saturated carbocycles. The van der Waals surface area contributed by atoms with Gasteiger partial charge in [0.1, 0.15) is 0 Å². The zero-order chi connectivity index (χ0) is 9.23. The maximum absolute atomic E-state index is 4.30. The summed E-state index contributed by atoms with van der Waals surface area (Å²) in [6, 6.07) is 0. The summed E-state index contributed by atoms with van der Waals surface area (Å²) in [6.07, 6.45) is 9.68. The summed E-state index contributed by atoms with van der Waals surface area (Å²) < 4.78 is 0. The third-order valence-electron chi connectivity index (χ3n) is 2.45. The molecular weight excluding hydrogens is 164 g/mol. The van der Waals surface area contributed by atoms with Crippen molar-refractivity contribution in [3.63, 3.8) is 0 Å². The van der Waals surface area contributed by atoms with Crippen molar-refractivity contribution in [2.24, 2.45) is 5.92 Å². The number of thiol groups is 1. The highest BCUT2D eigenvalue weighted by Crippen LogP contribution is 2.19. The molecule has 1 unspecified atom stereocenters. The first-order valence-corrected chi connectivity index (χ1v) is 6.09. The van der Waals surface area contributed by atoms with E-state index in [1.54, 1.807) is 0 Å². The SMILES string of the molecule is CCCCCC(CCC)CCS. The molecule has 0 heterocycles. The van der Waals surface area contributed by atoms with E-state index in [0.717, 1.165) is 11.7 Å². The van der Waals surface area contributed by atoms with Gasteiger partial charge in [0.2, 0.25) is 0 Å². The Kier molecular flexibility index (Phi) is 9.71. The van der Waals surface area contributed by atoms with Crippen molar-refractivity contribution < 1.29 is 0 Å². The monoisotopic (exact) mass is 188 g/mol. The average molecular weight is 188 g/mol. The van der Waals surface area contributed by atoms with Crippen LogP contribution in [-0.2, 0) is 0 Å². The zero-order valence-electron chi connectivity index (χ0n) is 8.68. The second-order valence-electron chi connectivity index (χ2n) is 3.66. The van der Waals surface area contributed by atoms with E-state index in [1.807, 2.05) is 0 Å². The van der Waals surface area contributed by atoms with Crippen LogP contribution in [0, 0.1) is 5.92 Å². The minimum atomic E-state index is 0.957. The first kappa shape index (κ1) is 12.3. The summed E-state index contributed by atoms with van der Waals surface area (Å²) >= 11 is 4.30. The van der Waals surface area contributed by atoms with Gasteiger partial charge < -0.3 is 0 Å². The van der Waals surface area contributed by atoms with E-state index >= 15 is 0 Å². The summed E-state index contributed by atoms with van der Waals surface area (Å²) in [7, 11) is 0. The van der Waals surface area contributed by atoms with Crippen molar-refractivity contribution in [1.29, 1.82) is 0 Å². The molecule has 12 heavy (non-hydrogen) atoms. The van der Waals surface area contributed by atoms with Gasteiger partial charge in [-0.1, -0.05) is 52.4 Å². The average Bonchev–Trinajstić information content (AvgIpc) is 2.06. The summed E-state index contributed by atoms with van der Waals surface area (Å²) in [5.41, 5.74) is 0. The van der Waals surface area contributed by atoms with Crippen molar-refractivity contribution >= 4 is 12.6 Å². The van der Waals surface area contributed by atoms with Gasteiger partial charge >= 0.3 is 0 Å². The summed E-state index contributed by atoms with van der Waals surface area (Å²) in [4.78, 5) is 0. The molecule has 0 aromatic rings. The molecule has 0 rings (SSSR count). The summed E-state index contributed by atoms with van der Waals surface area (Å²) in [6.45, 7) is 4.55. The van der Waals surface area contributed by atoms with Crippen LogP contribution in [0.4, 0.5) is 0 Å². The fourth-order valence-corrected chi connectivity index (χ4v) is 2.07. The molecule has 0 spiro atoms. The van der Waals surface area contributed by atoms with E-state index in [9.17, 15) is 0 Å². The largest absolute Gasteiger partial charge is 0.179 e. The Labute approximate surface area is 83.5 Å². The smallest absolute Gasteiger partial charge is 0.00953 e. The highest BCUT2D eigenvalue weighted by Gasteiger charge is 2.05. The van der Waals surface area contributed by atoms with E-state index < -0.39 is 0 Å². The normalized spacial score (nSPS) is 13.2. The van der Waals surface area contributed by atoms with Crippen molar-refractivity contribution in [3.8, 4) is 0 Å². The number of unbranched alkanes of at least 4 members (excludes halogenated alkanes) is 2. The van der Waals surface area contributed by atoms with Gasteiger partial charge in [0.15, 0.2) is 0 Å². The van der Waals surface area contributed by atoms with E-state index in [-0.39, 0.29) is 0 Å². The molecule has 0 fully saturated rings. The van der Waals surface area contributed by atoms with Crippen LogP contribution in [0.5, 0.6) is 0 Å². The lowest BCUT2D eigenvalue weighted by Crippen LogP contribution is -2.00. The van der Waals surface area contributed by atoms with E-state index in [1.165, 1.54) is 44.9 Å². The standard InChI is InChI=1S/C11H24S/c1-3-5-6-8-11(7-4-2)9-10-12/h11-12H,3-10H2,1-2H3. The first-order chi connectivity index (χ1) is 5.85. The van der Waals surface area contributed by atoms with Crippen LogP contribution < -0.4 is 0 Å². The molecule has 1 atom stereocenters. The molecule has 74 valence electrons. The second kappa shape index (κ2) is 9.44. The van der Waals surface area contributed by atoms with Gasteiger partial charge in [-0.05, 0) is 18.1 Å². The van der Waals surface area contributed by atoms with Crippen LogP contribution in [0.2, 0.25) is 0 Å². The molecule has 0 aromatic carbocycles. The van der Waals surface area contributed by atoms with Gasteiger partial charge in [0.25, 0.3) is 0 Å². The van der Waals surface area contributed by atoms with Crippen LogP contribution >= 0.6 is 12.6 Å². The fraction of sp³-hybridized carbons (Fsp3) is 1.00. The van der Waals surface area contributed by atoms with Gasteiger partial charge in [-0.25, -0.2) is 0 Å². The van der Waals surface area contributed by atoms with Crippen LogP contribution in [0.15, 0.2) is 0 Å². The van der Waals surface area contributed by atoms with Crippen LogP contribution in [0.25, 0.3) is 0 Å². The molecule has 0 bridgehead atoms. The Morgan fingerprint density at radius 2 is 1.67 bits per heavy atom. The van der Waals surface area contributed by atoms with Gasteiger partial charge in [-0.2, -0.15) is 12.6 Å². The quantitative estimate of drug-likeness (QED) is 0.426. The van der Waals surface area contributed by atoms with Crippen molar-refractivity contribution in [3.05, 3.63) is 0 Å². The van der Waals surface area contributed by atoms with Gasteiger partial charge in [0.05, 0.1) is 0 Å². The molecule has 0 saturated heterocycles. The Morgan fingerprint density at radius 3 is 2.17 bits per heavy atom. The predicted octanol–water partition coefficient (Wildman–Crippen LogP) is 4.30. The van der Waals surface area contributed by atoms with Gasteiger partial charge in [-0.3, -0.25) is 0 Å². The zero-order valence-corrected chi connectivity index (χ0v) is 9.58. The number of hydrogen-bond donors (Lipinski definition) is 1. The van der Waals surface area contributed by atoms with E-state index in [0.29, 0.717) is 0 Å². The topological polar surface area (TPSA) is 0 Å². The molecule has 0 aliphatic carbocycles. The van der Waals surface area contributed by atoms with Crippen LogP contribution in [0.3, 0.4) is 0 Å². The fourth-order valence-electron chi connectivity index (χ4n) is 1.71. The Morgan fingerprint density at radius 1 is 0.917 bits per heavy atom. The summed E-state index contributed by atoms with van der Waals surface area (Å²) in [5, 5.41) is 0. The number of hydrogen-bond acceptors (Lipinski definition) is 1. The van der Waals surface area contributed by atoms with Crippen molar-refractivity contribution in [1.82, 2.24) is 0 Å². The Hall–Kier alpha value is 0.350. The highest BCUT2D eigenvalue weighted by atomic mass is 32.1. The lowest BCUT2D eigenvalue weighted by molar-refractivity contribution is 0.415. The first-order valence-electron chi connectivity index (χ1n) is 5.46. The van der Waals surface area contributed by atoms with Crippen molar-refractivity contribution in [2.75, 3.05) is 5.75 Å². The minimum Gasteiger partial charge on any atom is -0.179 e. The third-order valence-corrected chi connectivity index (χ3v) is 2.71. The molecule has 0 aromatic heterocycles. The minimum absolute atomic E-state index is 0.957. The molecule has 0 amide bonds. The van der Waals surface area contributed by atoms with Crippen LogP contribution in [0.1, 0.15) is 58.8 Å². The Bertz CT molecular complexity index is 75.1. The highest BCUT2D eigenvalue weighted by molar-refractivity contribution is 7.80. The molecule has 0 aliphatic rings. The molecule has 1 heteroatoms. The maximum atomic E-state index is 4.30. The molecular formula is C11H24S. The molecule has 0 radical (unpaired) electrons. The summed E-state index contributed by atoms with van der Waals surface area (Å²) in [5.74, 6) is 2.02. The maximum Gasteiger partial charge on any atom is -0.00953 e. The van der Waals surface area contributed by atoms with Gasteiger partial charge in [-0.15, -0.1) is 0 Å². The predicted molar refractivity (Wildman–Crippen MR) is 61.0 cm³/mol. The number of rotatable bonds is 8. The molecule has 0 N–H and O–H groups in total. The van der Waals surface area contributed by atoms with E-state index in [2.05, 4.69) is 26.5 Å². The van der Waals surface area contributed by atoms with Gasteiger partial charge in [0, 0.05) is 0 Å². The lowest BCUT2D eigenvalue weighted by Gasteiger charge is -2.13. The lowest BCUT2D eigenvalue weighted by atomic mass is 9.94. The third kappa shape index (κ3) is 7.02. The second-order valence-corrected chi connectivity index (χ2v) is 4.11. The van der Waals surface area contributed by atoms with Crippen LogP contribution in [-0.4, -0.2) is 5.75 Å².